The number of hydrogen-bond acceptors (Lipinski definition) is 5. The fourth-order valence-corrected chi connectivity index (χ4v) is 7.45. The standard InChI is InChI=1S/C43H58F6N4O2/c1-4-5-6-7-8-9-10-11-12-13-19-36(54)20-16-18-35-28-50-22-23-53(35)40-27-38(37-21-15-14-17-31(37)2)39(29-51-40)41(55)52(3)30-32-24-33(42(44,45)46)26-34(25-32)43(47,48)49/h14-15,17,21,24-27,29,35-36,50,54H,4-13,16,18-20,22-23,28,30H2,1-3H3. The van der Waals surface area contributed by atoms with Crippen molar-refractivity contribution in [3.63, 3.8) is 0 Å². The second-order valence-electron chi connectivity index (χ2n) is 15.1. The van der Waals surface area contributed by atoms with E-state index in [1.807, 2.05) is 37.3 Å². The topological polar surface area (TPSA) is 68.7 Å². The molecule has 2 heterocycles. The molecule has 2 aromatic carbocycles. The molecule has 1 saturated heterocycles. The molecule has 0 bridgehead atoms. The second kappa shape index (κ2) is 21.0. The Hall–Kier alpha value is -3.64. The zero-order chi connectivity index (χ0) is 40.0. The Balaban J connectivity index is 1.43. The third kappa shape index (κ3) is 13.5. The minimum atomic E-state index is -5.00. The molecule has 304 valence electrons. The molecule has 2 N–H and O–H groups in total. The number of carbonyl (C=O) groups excluding carboxylic acids is 1. The summed E-state index contributed by atoms with van der Waals surface area (Å²) in [6.07, 6.45) is 6.93. The largest absolute Gasteiger partial charge is 0.416 e. The van der Waals surface area contributed by atoms with Crippen LogP contribution in [0.4, 0.5) is 32.2 Å². The van der Waals surface area contributed by atoms with Gasteiger partial charge in [0, 0.05) is 45.5 Å². The lowest BCUT2D eigenvalue weighted by molar-refractivity contribution is -0.143. The monoisotopic (exact) mass is 776 g/mol. The van der Waals surface area contributed by atoms with Gasteiger partial charge in [-0.25, -0.2) is 4.98 Å². The van der Waals surface area contributed by atoms with Crippen molar-refractivity contribution in [2.75, 3.05) is 31.6 Å². The molecule has 4 rings (SSSR count). The molecule has 2 unspecified atom stereocenters. The average molecular weight is 777 g/mol. The minimum Gasteiger partial charge on any atom is -0.393 e. The molecule has 1 amide bonds. The van der Waals surface area contributed by atoms with Crippen LogP contribution in [0.5, 0.6) is 0 Å². The lowest BCUT2D eigenvalue weighted by Crippen LogP contribution is -2.51. The first-order valence-electron chi connectivity index (χ1n) is 19.9. The molecule has 12 heteroatoms. The lowest BCUT2D eigenvalue weighted by atomic mass is 9.95. The average Bonchev–Trinajstić information content (AvgIpc) is 3.14. The first kappa shape index (κ1) is 44.1. The Morgan fingerprint density at radius 3 is 2.09 bits per heavy atom. The van der Waals surface area contributed by atoms with E-state index in [0.29, 0.717) is 30.1 Å². The molecule has 6 nitrogen and oxygen atoms in total. The molecule has 2 atom stereocenters. The van der Waals surface area contributed by atoms with Gasteiger partial charge in [0.2, 0.25) is 0 Å². The summed E-state index contributed by atoms with van der Waals surface area (Å²) in [6, 6.07) is 10.8. The summed E-state index contributed by atoms with van der Waals surface area (Å²) < 4.78 is 81.3. The molecule has 1 aliphatic heterocycles. The zero-order valence-corrected chi connectivity index (χ0v) is 32.5. The molecule has 0 spiro atoms. The molecule has 0 saturated carbocycles. The Labute approximate surface area is 322 Å². The van der Waals surface area contributed by atoms with Crippen molar-refractivity contribution in [1.82, 2.24) is 15.2 Å². The minimum absolute atomic E-state index is 0.0785. The number of benzene rings is 2. The van der Waals surface area contributed by atoms with Crippen LogP contribution in [0, 0.1) is 6.92 Å². The zero-order valence-electron chi connectivity index (χ0n) is 32.5. The lowest BCUT2D eigenvalue weighted by Gasteiger charge is -2.38. The van der Waals surface area contributed by atoms with Gasteiger partial charge < -0.3 is 20.2 Å². The van der Waals surface area contributed by atoms with Crippen LogP contribution in [0.2, 0.25) is 0 Å². The van der Waals surface area contributed by atoms with E-state index >= 15 is 0 Å². The van der Waals surface area contributed by atoms with Gasteiger partial charge in [0.25, 0.3) is 5.91 Å². The quantitative estimate of drug-likeness (QED) is 0.0883. The van der Waals surface area contributed by atoms with Gasteiger partial charge in [-0.2, -0.15) is 26.3 Å². The number of carbonyl (C=O) groups is 1. The van der Waals surface area contributed by atoms with Gasteiger partial charge in [0.1, 0.15) is 5.82 Å². The molecular formula is C43H58F6N4O2. The van der Waals surface area contributed by atoms with Crippen molar-refractivity contribution in [1.29, 1.82) is 0 Å². The van der Waals surface area contributed by atoms with E-state index in [9.17, 15) is 36.2 Å². The van der Waals surface area contributed by atoms with Crippen LogP contribution in [0.3, 0.4) is 0 Å². The number of aliphatic hydroxyl groups is 1. The van der Waals surface area contributed by atoms with Gasteiger partial charge >= 0.3 is 12.4 Å². The number of aromatic nitrogens is 1. The summed E-state index contributed by atoms with van der Waals surface area (Å²) in [4.78, 5) is 22.0. The molecule has 0 aliphatic carbocycles. The van der Waals surface area contributed by atoms with Crippen LogP contribution < -0.4 is 10.2 Å². The number of unbranched alkanes of at least 4 members (excludes halogenated alkanes) is 9. The maximum absolute atomic E-state index is 14.0. The van der Waals surface area contributed by atoms with Crippen molar-refractivity contribution >= 4 is 11.7 Å². The second-order valence-corrected chi connectivity index (χ2v) is 15.1. The highest BCUT2D eigenvalue weighted by atomic mass is 19.4. The third-order valence-electron chi connectivity index (χ3n) is 10.6. The van der Waals surface area contributed by atoms with Crippen molar-refractivity contribution in [2.45, 2.75) is 135 Å². The number of alkyl halides is 6. The molecular weight excluding hydrogens is 718 g/mol. The highest BCUT2D eigenvalue weighted by Crippen LogP contribution is 2.37. The number of hydrogen-bond donors (Lipinski definition) is 2. The summed E-state index contributed by atoms with van der Waals surface area (Å²) in [6.45, 7) is 5.81. The van der Waals surface area contributed by atoms with E-state index in [4.69, 9.17) is 4.98 Å². The van der Waals surface area contributed by atoms with Crippen molar-refractivity contribution in [2.24, 2.45) is 0 Å². The van der Waals surface area contributed by atoms with Crippen molar-refractivity contribution in [3.05, 3.63) is 82.5 Å². The molecule has 1 aromatic heterocycles. The number of aryl methyl sites for hydroxylation is 1. The van der Waals surface area contributed by atoms with E-state index in [2.05, 4.69) is 17.1 Å². The molecule has 55 heavy (non-hydrogen) atoms. The van der Waals surface area contributed by atoms with Crippen molar-refractivity contribution in [3.8, 4) is 11.1 Å². The number of nitrogens with zero attached hydrogens (tertiary/aromatic N) is 3. The van der Waals surface area contributed by atoms with Gasteiger partial charge in [0.15, 0.2) is 0 Å². The number of halogens is 6. The van der Waals surface area contributed by atoms with Crippen LogP contribution in [0.1, 0.15) is 129 Å². The first-order valence-corrected chi connectivity index (χ1v) is 19.9. The Bertz CT molecular complexity index is 1610. The number of piperazine rings is 1. The Morgan fingerprint density at radius 1 is 0.873 bits per heavy atom. The number of nitrogens with one attached hydrogen (secondary N) is 1. The van der Waals surface area contributed by atoms with Gasteiger partial charge in [-0.15, -0.1) is 0 Å². The van der Waals surface area contributed by atoms with E-state index in [1.54, 1.807) is 0 Å². The van der Waals surface area contributed by atoms with Gasteiger partial charge in [-0.05, 0) is 79.1 Å². The predicted molar refractivity (Wildman–Crippen MR) is 207 cm³/mol. The number of rotatable bonds is 20. The van der Waals surface area contributed by atoms with Crippen molar-refractivity contribution < 1.29 is 36.2 Å². The van der Waals surface area contributed by atoms with E-state index in [1.165, 1.54) is 64.6 Å². The van der Waals surface area contributed by atoms with Gasteiger partial charge in [0.05, 0.1) is 22.8 Å². The summed E-state index contributed by atoms with van der Waals surface area (Å²) in [5.41, 5.74) is -0.745. The van der Waals surface area contributed by atoms with Crippen LogP contribution in [0.25, 0.3) is 11.1 Å². The maximum Gasteiger partial charge on any atom is 0.416 e. The summed E-state index contributed by atoms with van der Waals surface area (Å²) >= 11 is 0. The third-order valence-corrected chi connectivity index (χ3v) is 10.6. The highest BCUT2D eigenvalue weighted by Gasteiger charge is 2.37. The summed E-state index contributed by atoms with van der Waals surface area (Å²) in [7, 11) is 1.35. The Kier molecular flexibility index (Phi) is 16.9. The normalized spacial score (nSPS) is 15.7. The molecule has 0 radical (unpaired) electrons. The maximum atomic E-state index is 14.0. The van der Waals surface area contributed by atoms with E-state index in [0.717, 1.165) is 67.6 Å². The molecule has 1 aliphatic rings. The van der Waals surface area contributed by atoms with Crippen LogP contribution in [0.15, 0.2) is 54.7 Å². The van der Waals surface area contributed by atoms with Crippen LogP contribution in [-0.4, -0.2) is 59.7 Å². The number of pyridine rings is 1. The first-order chi connectivity index (χ1) is 26.2. The molecule has 3 aromatic rings. The predicted octanol–water partition coefficient (Wildman–Crippen LogP) is 11.0. The number of aliphatic hydroxyl groups excluding tert-OH is 1. The van der Waals surface area contributed by atoms with Gasteiger partial charge in [-0.3, -0.25) is 4.79 Å². The van der Waals surface area contributed by atoms with E-state index < -0.39 is 35.9 Å². The molecule has 1 fully saturated rings. The fraction of sp³-hybridized carbons (Fsp3) is 0.581. The number of anilines is 1. The SMILES string of the molecule is CCCCCCCCCCCCC(O)CCCC1CNCCN1c1cc(-c2ccccc2C)c(C(=O)N(C)Cc2cc(C(F)(F)F)cc(C(F)(F)F)c2)cn1. The van der Waals surface area contributed by atoms with Crippen LogP contribution >= 0.6 is 0 Å². The number of amides is 1. The smallest absolute Gasteiger partial charge is 0.393 e. The van der Waals surface area contributed by atoms with Crippen LogP contribution in [-0.2, 0) is 18.9 Å². The Morgan fingerprint density at radius 2 is 1.47 bits per heavy atom. The summed E-state index contributed by atoms with van der Waals surface area (Å²) in [5, 5.41) is 14.2. The van der Waals surface area contributed by atoms with E-state index in [-0.39, 0.29) is 29.3 Å². The van der Waals surface area contributed by atoms with Gasteiger partial charge in [-0.1, -0.05) is 95.4 Å². The fourth-order valence-electron chi connectivity index (χ4n) is 7.45. The summed E-state index contributed by atoms with van der Waals surface area (Å²) in [5.74, 6) is 0.0825. The highest BCUT2D eigenvalue weighted by molar-refractivity contribution is 6.01.